The Morgan fingerprint density at radius 1 is 1.03 bits per heavy atom. The van der Waals surface area contributed by atoms with Gasteiger partial charge < -0.3 is 14.2 Å². The summed E-state index contributed by atoms with van der Waals surface area (Å²) in [6, 6.07) is 12.9. The number of hydrogen-bond acceptors (Lipinski definition) is 7. The van der Waals surface area contributed by atoms with E-state index in [2.05, 4.69) is 0 Å². The molecular formula is C25H26F2O8S. The number of ether oxygens (including phenoxy) is 3. The summed E-state index contributed by atoms with van der Waals surface area (Å²) in [4.78, 5) is 24.4. The van der Waals surface area contributed by atoms with Crippen molar-refractivity contribution in [3.63, 3.8) is 0 Å². The first kappa shape index (κ1) is 25.0. The summed E-state index contributed by atoms with van der Waals surface area (Å²) in [5.41, 5.74) is -1.34. The number of carbonyl (C=O) groups excluding carboxylic acids is 2. The van der Waals surface area contributed by atoms with E-state index in [1.54, 1.807) is 12.1 Å². The van der Waals surface area contributed by atoms with E-state index in [1.807, 2.05) is 30.3 Å². The highest BCUT2D eigenvalue weighted by molar-refractivity contribution is 7.87. The topological polar surface area (TPSA) is 116 Å². The van der Waals surface area contributed by atoms with Gasteiger partial charge in [0, 0.05) is 10.8 Å². The van der Waals surface area contributed by atoms with Gasteiger partial charge >= 0.3 is 27.3 Å². The van der Waals surface area contributed by atoms with Crippen molar-refractivity contribution in [3.05, 3.63) is 42.5 Å². The molecule has 0 spiro atoms. The first-order valence-corrected chi connectivity index (χ1v) is 13.2. The first-order chi connectivity index (χ1) is 16.9. The Hall–Kier alpha value is -2.63. The molecule has 0 saturated heterocycles. The molecule has 194 valence electrons. The van der Waals surface area contributed by atoms with Crippen LogP contribution in [-0.4, -0.2) is 49.0 Å². The SMILES string of the molecule is O=C(COC12CC3CC(CC(COC(=O)C(F)(F)S(=O)(=O)O)(C3)C1)C2)Oc1cccc2ccccc12. The highest BCUT2D eigenvalue weighted by atomic mass is 32.2. The van der Waals surface area contributed by atoms with Gasteiger partial charge in [0.2, 0.25) is 0 Å². The minimum atomic E-state index is -5.93. The Kier molecular flexibility index (Phi) is 6.08. The highest BCUT2D eigenvalue weighted by Gasteiger charge is 2.60. The zero-order valence-electron chi connectivity index (χ0n) is 19.3. The molecule has 0 heterocycles. The van der Waals surface area contributed by atoms with E-state index in [1.165, 1.54) is 0 Å². The summed E-state index contributed by atoms with van der Waals surface area (Å²) in [6.45, 7) is -0.700. The van der Waals surface area contributed by atoms with Crippen molar-refractivity contribution in [1.82, 2.24) is 0 Å². The van der Waals surface area contributed by atoms with E-state index < -0.39 is 44.9 Å². The van der Waals surface area contributed by atoms with Crippen molar-refractivity contribution >= 4 is 32.8 Å². The van der Waals surface area contributed by atoms with Crippen molar-refractivity contribution in [1.29, 1.82) is 0 Å². The maximum Gasteiger partial charge on any atom is 0.465 e. The van der Waals surface area contributed by atoms with E-state index >= 15 is 0 Å². The van der Waals surface area contributed by atoms with Crippen LogP contribution >= 0.6 is 0 Å². The number of rotatable bonds is 8. The average molecular weight is 525 g/mol. The molecule has 2 aromatic carbocycles. The predicted octanol–water partition coefficient (Wildman–Crippen LogP) is 4.12. The molecule has 2 unspecified atom stereocenters. The first-order valence-electron chi connectivity index (χ1n) is 11.7. The summed E-state index contributed by atoms with van der Waals surface area (Å²) in [7, 11) is -5.93. The molecular weight excluding hydrogens is 498 g/mol. The Morgan fingerprint density at radius 3 is 2.39 bits per heavy atom. The van der Waals surface area contributed by atoms with Crippen molar-refractivity contribution < 1.29 is 45.6 Å². The minimum absolute atomic E-state index is 0.209. The lowest BCUT2D eigenvalue weighted by Gasteiger charge is -2.61. The van der Waals surface area contributed by atoms with Gasteiger partial charge in [-0.2, -0.15) is 17.2 Å². The monoisotopic (exact) mass is 524 g/mol. The number of fused-ring (bicyclic) bond motifs is 1. The molecule has 0 aromatic heterocycles. The maximum absolute atomic E-state index is 13.7. The lowest BCUT2D eigenvalue weighted by Crippen LogP contribution is -2.59. The fourth-order valence-corrected chi connectivity index (χ4v) is 7.03. The molecule has 4 bridgehead atoms. The van der Waals surface area contributed by atoms with Gasteiger partial charge in [-0.15, -0.1) is 0 Å². The Labute approximate surface area is 206 Å². The van der Waals surface area contributed by atoms with Crippen LogP contribution < -0.4 is 4.74 Å². The second-order valence-electron chi connectivity index (χ2n) is 10.5. The van der Waals surface area contributed by atoms with Crippen LogP contribution in [0.3, 0.4) is 0 Å². The molecule has 0 radical (unpaired) electrons. The summed E-state index contributed by atoms with van der Waals surface area (Å²) >= 11 is 0. The molecule has 36 heavy (non-hydrogen) atoms. The predicted molar refractivity (Wildman–Crippen MR) is 123 cm³/mol. The number of esters is 2. The maximum atomic E-state index is 13.7. The van der Waals surface area contributed by atoms with Gasteiger partial charge in [-0.05, 0) is 61.8 Å². The third-order valence-corrected chi connectivity index (χ3v) is 8.48. The quantitative estimate of drug-likeness (QED) is 0.311. The number of benzene rings is 2. The van der Waals surface area contributed by atoms with E-state index in [0.29, 0.717) is 37.9 Å². The molecule has 8 nitrogen and oxygen atoms in total. The number of alkyl halides is 2. The van der Waals surface area contributed by atoms with Crippen LogP contribution in [0.2, 0.25) is 0 Å². The molecule has 4 aliphatic rings. The van der Waals surface area contributed by atoms with Crippen LogP contribution in [0.1, 0.15) is 38.5 Å². The van der Waals surface area contributed by atoms with Crippen LogP contribution in [0, 0.1) is 17.3 Å². The molecule has 4 fully saturated rings. The number of hydrogen-bond donors (Lipinski definition) is 1. The summed E-state index contributed by atoms with van der Waals surface area (Å²) in [5, 5.41) is -3.30. The minimum Gasteiger partial charge on any atom is -0.460 e. The summed E-state index contributed by atoms with van der Waals surface area (Å²) < 4.78 is 74.1. The van der Waals surface area contributed by atoms with Crippen molar-refractivity contribution in [2.24, 2.45) is 17.3 Å². The summed E-state index contributed by atoms with van der Waals surface area (Å²) in [5.74, 6) is -2.01. The molecule has 11 heteroatoms. The zero-order valence-corrected chi connectivity index (χ0v) is 20.1. The molecule has 6 rings (SSSR count). The van der Waals surface area contributed by atoms with E-state index in [4.69, 9.17) is 18.8 Å². The van der Waals surface area contributed by atoms with Crippen molar-refractivity contribution in [2.75, 3.05) is 13.2 Å². The van der Waals surface area contributed by atoms with Gasteiger partial charge in [-0.25, -0.2) is 9.59 Å². The van der Waals surface area contributed by atoms with Gasteiger partial charge in [0.1, 0.15) is 12.4 Å². The number of halogens is 2. The Balaban J connectivity index is 1.25. The Morgan fingerprint density at radius 2 is 1.69 bits per heavy atom. The lowest BCUT2D eigenvalue weighted by molar-refractivity contribution is -0.212. The normalized spacial score (nSPS) is 29.3. The van der Waals surface area contributed by atoms with Gasteiger partial charge in [0.25, 0.3) is 0 Å². The highest BCUT2D eigenvalue weighted by Crippen LogP contribution is 2.63. The van der Waals surface area contributed by atoms with Crippen molar-refractivity contribution in [3.8, 4) is 5.75 Å². The summed E-state index contributed by atoms with van der Waals surface area (Å²) in [6.07, 6.45) is 3.96. The molecule has 2 atom stereocenters. The third kappa shape index (κ3) is 4.59. The number of carbonyl (C=O) groups is 2. The fourth-order valence-electron chi connectivity index (χ4n) is 6.76. The smallest absolute Gasteiger partial charge is 0.460 e. The van der Waals surface area contributed by atoms with Gasteiger partial charge in [0.05, 0.1) is 12.2 Å². The largest absolute Gasteiger partial charge is 0.465 e. The molecule has 4 saturated carbocycles. The average Bonchev–Trinajstić information content (AvgIpc) is 2.80. The zero-order chi connectivity index (χ0) is 25.8. The molecule has 2 aromatic rings. The third-order valence-electron chi connectivity index (χ3n) is 7.67. The Bertz CT molecular complexity index is 1290. The molecule has 0 aliphatic heterocycles. The fraction of sp³-hybridized carbons (Fsp3) is 0.520. The van der Waals surface area contributed by atoms with Crippen LogP contribution in [0.15, 0.2) is 42.5 Å². The van der Waals surface area contributed by atoms with Gasteiger partial charge in [0.15, 0.2) is 0 Å². The van der Waals surface area contributed by atoms with E-state index in [-0.39, 0.29) is 18.4 Å². The van der Waals surface area contributed by atoms with Crippen molar-refractivity contribution in [2.45, 2.75) is 49.4 Å². The second-order valence-corrected chi connectivity index (χ2v) is 11.9. The lowest BCUT2D eigenvalue weighted by atomic mass is 9.48. The van der Waals surface area contributed by atoms with Crippen LogP contribution in [0.4, 0.5) is 8.78 Å². The standard InChI is InChI=1S/C25H26F2O8S/c26-25(27,36(30,31)32)22(29)33-15-23-9-16-8-17(10-23)12-24(11-16,14-23)34-13-21(28)35-20-7-3-5-18-4-1-2-6-19(18)20/h1-7,16-17H,8-15H2,(H,30,31,32). The van der Waals surface area contributed by atoms with Crippen LogP contribution in [0.25, 0.3) is 10.8 Å². The molecule has 1 N–H and O–H groups in total. The van der Waals surface area contributed by atoms with E-state index in [0.717, 1.165) is 17.2 Å². The van der Waals surface area contributed by atoms with Crippen LogP contribution in [0.5, 0.6) is 5.75 Å². The van der Waals surface area contributed by atoms with Gasteiger partial charge in [-0.1, -0.05) is 36.4 Å². The molecule has 0 amide bonds. The molecule has 4 aliphatic carbocycles. The van der Waals surface area contributed by atoms with Crippen LogP contribution in [-0.2, 0) is 29.2 Å². The second kappa shape index (κ2) is 8.74. The van der Waals surface area contributed by atoms with E-state index in [9.17, 15) is 26.8 Å². The van der Waals surface area contributed by atoms with Gasteiger partial charge in [-0.3, -0.25) is 4.55 Å².